The third-order valence-electron chi connectivity index (χ3n) is 5.87. The van der Waals surface area contributed by atoms with Crippen LogP contribution in [0.2, 0.25) is 0 Å². The number of hydrogen-bond donors (Lipinski definition) is 0. The minimum Gasteiger partial charge on any atom is -0.465 e. The first-order valence-electron chi connectivity index (χ1n) is 9.00. The number of ether oxygens (including phenoxy) is 2. The van der Waals surface area contributed by atoms with Crippen LogP contribution >= 0.6 is 0 Å². The first kappa shape index (κ1) is 15.2. The molecule has 0 unspecified atom stereocenters. The van der Waals surface area contributed by atoms with Gasteiger partial charge in [0, 0.05) is 6.04 Å². The van der Waals surface area contributed by atoms with Crippen LogP contribution in [0.4, 0.5) is 0 Å². The van der Waals surface area contributed by atoms with Crippen molar-refractivity contribution >= 4 is 11.9 Å². The molecule has 0 aromatic heterocycles. The predicted octanol–water partition coefficient (Wildman–Crippen LogP) is 2.05. The molecule has 0 N–H and O–H groups in total. The van der Waals surface area contributed by atoms with Crippen molar-refractivity contribution in [1.29, 1.82) is 0 Å². The molecule has 3 aliphatic heterocycles. The lowest BCUT2D eigenvalue weighted by Crippen LogP contribution is -2.42. The molecule has 1 amide bonds. The van der Waals surface area contributed by atoms with E-state index < -0.39 is 11.5 Å². The second-order valence-electron chi connectivity index (χ2n) is 7.33. The van der Waals surface area contributed by atoms with Gasteiger partial charge in [0.05, 0.1) is 25.2 Å². The van der Waals surface area contributed by atoms with E-state index in [0.717, 1.165) is 19.3 Å². The van der Waals surface area contributed by atoms with E-state index >= 15 is 0 Å². The number of esters is 1. The molecule has 4 aliphatic rings. The van der Waals surface area contributed by atoms with E-state index in [9.17, 15) is 9.59 Å². The monoisotopic (exact) mass is 319 g/mol. The third-order valence-corrected chi connectivity index (χ3v) is 5.87. The van der Waals surface area contributed by atoms with Crippen molar-refractivity contribution in [3.8, 4) is 0 Å². The summed E-state index contributed by atoms with van der Waals surface area (Å²) in [7, 11) is 0. The minimum absolute atomic E-state index is 0.0993. The lowest BCUT2D eigenvalue weighted by molar-refractivity contribution is -0.154. The largest absolute Gasteiger partial charge is 0.465 e. The molecule has 0 radical (unpaired) electrons. The predicted molar refractivity (Wildman–Crippen MR) is 83.6 cm³/mol. The molecule has 23 heavy (non-hydrogen) atoms. The number of nitrogens with zero attached hydrogens (tertiary/aromatic N) is 1. The number of amides is 1. The summed E-state index contributed by atoms with van der Waals surface area (Å²) in [6.07, 6.45) is 10.3. The lowest BCUT2D eigenvalue weighted by atomic mass is 9.77. The molecule has 2 saturated heterocycles. The maximum Gasteiger partial charge on any atom is 0.312 e. The molecule has 1 spiro atoms. The first-order chi connectivity index (χ1) is 11.2. The lowest BCUT2D eigenvalue weighted by Gasteiger charge is -2.32. The standard InChI is InChI=1S/C18H25NO4/c1-2-10-22-17(21)14-13-8-9-18(23-13)11-19(16(20)15(14)18)12-6-4-3-5-7-12/h8-9,12-15H,2-7,10-11H2,1H3/t13-,14+,15+,18+/m1/s1. The van der Waals surface area contributed by atoms with E-state index in [1.807, 2.05) is 24.0 Å². The first-order valence-corrected chi connectivity index (χ1v) is 9.00. The van der Waals surface area contributed by atoms with Gasteiger partial charge in [-0.25, -0.2) is 0 Å². The number of fused-ring (bicyclic) bond motifs is 1. The number of rotatable bonds is 4. The van der Waals surface area contributed by atoms with Crippen LogP contribution in [0.1, 0.15) is 45.4 Å². The quantitative estimate of drug-likeness (QED) is 0.588. The Kier molecular flexibility index (Phi) is 3.71. The summed E-state index contributed by atoms with van der Waals surface area (Å²) in [5.41, 5.74) is -0.588. The van der Waals surface area contributed by atoms with E-state index in [1.165, 1.54) is 19.3 Å². The minimum atomic E-state index is -0.588. The molecule has 4 rings (SSSR count). The third kappa shape index (κ3) is 2.24. The van der Waals surface area contributed by atoms with Crippen LogP contribution in [-0.2, 0) is 19.1 Å². The zero-order valence-electron chi connectivity index (χ0n) is 13.7. The van der Waals surface area contributed by atoms with Crippen molar-refractivity contribution in [2.45, 2.75) is 63.2 Å². The summed E-state index contributed by atoms with van der Waals surface area (Å²) < 4.78 is 11.5. The Balaban J connectivity index is 1.56. The van der Waals surface area contributed by atoms with Crippen LogP contribution in [0.25, 0.3) is 0 Å². The molecule has 0 aromatic carbocycles. The summed E-state index contributed by atoms with van der Waals surface area (Å²) in [4.78, 5) is 27.5. The summed E-state index contributed by atoms with van der Waals surface area (Å²) in [6.45, 7) is 2.98. The smallest absolute Gasteiger partial charge is 0.312 e. The highest BCUT2D eigenvalue weighted by atomic mass is 16.6. The number of carbonyl (C=O) groups excluding carboxylic acids is 2. The zero-order valence-corrected chi connectivity index (χ0v) is 13.7. The SMILES string of the molecule is CCCOC(=O)[C@@H]1[C@H]2C(=O)N(C3CCCCC3)C[C@@]23C=C[C@H]1O3. The van der Waals surface area contributed by atoms with Crippen LogP contribution in [0.5, 0.6) is 0 Å². The van der Waals surface area contributed by atoms with Crippen molar-refractivity contribution < 1.29 is 19.1 Å². The fourth-order valence-corrected chi connectivity index (χ4v) is 4.80. The van der Waals surface area contributed by atoms with E-state index in [2.05, 4.69) is 0 Å². The molecule has 3 heterocycles. The summed E-state index contributed by atoms with van der Waals surface area (Å²) >= 11 is 0. The van der Waals surface area contributed by atoms with Crippen molar-refractivity contribution in [3.05, 3.63) is 12.2 Å². The number of carbonyl (C=O) groups is 2. The molecule has 2 bridgehead atoms. The molecule has 126 valence electrons. The average molecular weight is 319 g/mol. The Morgan fingerprint density at radius 1 is 1.39 bits per heavy atom. The molecule has 4 atom stereocenters. The average Bonchev–Trinajstić information content (AvgIpc) is 3.22. The van der Waals surface area contributed by atoms with Gasteiger partial charge >= 0.3 is 5.97 Å². The van der Waals surface area contributed by atoms with Gasteiger partial charge in [0.25, 0.3) is 0 Å². The Morgan fingerprint density at radius 2 is 2.17 bits per heavy atom. The highest BCUT2D eigenvalue weighted by Gasteiger charge is 2.67. The van der Waals surface area contributed by atoms with Gasteiger partial charge in [0.2, 0.25) is 5.91 Å². The van der Waals surface area contributed by atoms with Gasteiger partial charge < -0.3 is 14.4 Å². The van der Waals surface area contributed by atoms with Gasteiger partial charge in [0.1, 0.15) is 11.5 Å². The summed E-state index contributed by atoms with van der Waals surface area (Å²) in [5, 5.41) is 0. The van der Waals surface area contributed by atoms with Crippen molar-refractivity contribution in [2.24, 2.45) is 11.8 Å². The molecular weight excluding hydrogens is 294 g/mol. The van der Waals surface area contributed by atoms with Gasteiger partial charge in [0.15, 0.2) is 0 Å². The Bertz CT molecular complexity index is 539. The van der Waals surface area contributed by atoms with Crippen LogP contribution < -0.4 is 0 Å². The number of hydrogen-bond acceptors (Lipinski definition) is 4. The fraction of sp³-hybridized carbons (Fsp3) is 0.778. The van der Waals surface area contributed by atoms with Crippen molar-refractivity contribution in [3.63, 3.8) is 0 Å². The molecule has 5 heteroatoms. The number of likely N-dealkylation sites (tertiary alicyclic amines) is 1. The fourth-order valence-electron chi connectivity index (χ4n) is 4.80. The van der Waals surface area contributed by atoms with Crippen LogP contribution in [0.15, 0.2) is 12.2 Å². The van der Waals surface area contributed by atoms with Gasteiger partial charge in [-0.15, -0.1) is 0 Å². The van der Waals surface area contributed by atoms with E-state index in [1.54, 1.807) is 0 Å². The maximum atomic E-state index is 13.1. The van der Waals surface area contributed by atoms with Crippen LogP contribution in [-0.4, -0.2) is 47.7 Å². The van der Waals surface area contributed by atoms with E-state index in [4.69, 9.17) is 9.47 Å². The summed E-state index contributed by atoms with van der Waals surface area (Å²) in [5.74, 6) is -1.02. The van der Waals surface area contributed by atoms with Crippen LogP contribution in [0.3, 0.4) is 0 Å². The highest BCUT2D eigenvalue weighted by molar-refractivity contribution is 5.91. The molecule has 0 aromatic rings. The highest BCUT2D eigenvalue weighted by Crippen LogP contribution is 2.53. The van der Waals surface area contributed by atoms with Gasteiger partial charge in [-0.2, -0.15) is 0 Å². The van der Waals surface area contributed by atoms with E-state index in [0.29, 0.717) is 19.2 Å². The van der Waals surface area contributed by atoms with Gasteiger partial charge in [-0.05, 0) is 19.3 Å². The molecule has 5 nitrogen and oxygen atoms in total. The molecule has 1 saturated carbocycles. The molecule has 1 aliphatic carbocycles. The maximum absolute atomic E-state index is 13.1. The Morgan fingerprint density at radius 3 is 2.91 bits per heavy atom. The molecule has 3 fully saturated rings. The van der Waals surface area contributed by atoms with E-state index in [-0.39, 0.29) is 23.9 Å². The summed E-state index contributed by atoms with van der Waals surface area (Å²) in [6, 6.07) is 0.319. The van der Waals surface area contributed by atoms with Crippen molar-refractivity contribution in [2.75, 3.05) is 13.2 Å². The van der Waals surface area contributed by atoms with Gasteiger partial charge in [-0.3, -0.25) is 9.59 Å². The second-order valence-corrected chi connectivity index (χ2v) is 7.33. The van der Waals surface area contributed by atoms with Crippen molar-refractivity contribution in [1.82, 2.24) is 4.90 Å². The zero-order chi connectivity index (χ0) is 16.0. The topological polar surface area (TPSA) is 55.8 Å². The second kappa shape index (κ2) is 5.62. The normalized spacial score (nSPS) is 39.1. The molecular formula is C18H25NO4. The van der Waals surface area contributed by atoms with Gasteiger partial charge in [-0.1, -0.05) is 38.3 Å². The Labute approximate surface area is 137 Å². The Hall–Kier alpha value is -1.36. The van der Waals surface area contributed by atoms with Crippen LogP contribution in [0, 0.1) is 11.8 Å².